The Bertz CT molecular complexity index is 1260. The molecule has 0 amide bonds. The third-order valence-corrected chi connectivity index (χ3v) is 7.40. The number of aromatic amines is 1. The Morgan fingerprint density at radius 1 is 1.11 bits per heavy atom. The summed E-state index contributed by atoms with van der Waals surface area (Å²) in [5.41, 5.74) is 1.19. The number of piperidine rings is 1. The molecule has 192 valence electrons. The van der Waals surface area contributed by atoms with Gasteiger partial charge in [-0.1, -0.05) is 12.8 Å². The van der Waals surface area contributed by atoms with E-state index in [9.17, 15) is 9.59 Å². The molecule has 3 aromatic rings. The smallest absolute Gasteiger partial charge is 0.309 e. The zero-order chi connectivity index (χ0) is 25.1. The standard InChI is InChI=1S/C26H34N6O4/c1-3-35-20-9-10-22-18(15-20)16-21(25(33)27-22)23(24-28-29-30-32(24)19-7-5-6-8-19)31-13-11-17(12-14-31)26(34)36-4-2/h9-10,15-17,19,23H,3-8,11-14H2,1-2H3,(H,27,33)/t23-/m1/s1. The number of tetrazole rings is 1. The van der Waals surface area contributed by atoms with Crippen LogP contribution >= 0.6 is 0 Å². The van der Waals surface area contributed by atoms with E-state index in [-0.39, 0.29) is 23.5 Å². The maximum absolute atomic E-state index is 13.4. The number of nitrogens with one attached hydrogen (secondary N) is 1. The molecule has 2 fully saturated rings. The summed E-state index contributed by atoms with van der Waals surface area (Å²) in [6.45, 7) is 6.00. The Morgan fingerprint density at radius 2 is 1.89 bits per heavy atom. The van der Waals surface area contributed by atoms with E-state index in [1.54, 1.807) is 0 Å². The van der Waals surface area contributed by atoms with Crippen LogP contribution in [0.3, 0.4) is 0 Å². The van der Waals surface area contributed by atoms with Gasteiger partial charge in [0.1, 0.15) is 11.8 Å². The van der Waals surface area contributed by atoms with Crippen LogP contribution in [0, 0.1) is 5.92 Å². The van der Waals surface area contributed by atoms with Crippen molar-refractivity contribution in [3.63, 3.8) is 0 Å². The van der Waals surface area contributed by atoms with Crippen LogP contribution in [0.2, 0.25) is 0 Å². The second-order valence-corrected chi connectivity index (χ2v) is 9.62. The quantitative estimate of drug-likeness (QED) is 0.474. The highest BCUT2D eigenvalue weighted by molar-refractivity contribution is 5.80. The number of benzene rings is 1. The first-order valence-electron chi connectivity index (χ1n) is 13.1. The van der Waals surface area contributed by atoms with E-state index in [0.29, 0.717) is 50.5 Å². The van der Waals surface area contributed by atoms with Gasteiger partial charge in [-0.25, -0.2) is 4.68 Å². The van der Waals surface area contributed by atoms with Crippen molar-refractivity contribution in [2.24, 2.45) is 5.92 Å². The molecule has 36 heavy (non-hydrogen) atoms. The van der Waals surface area contributed by atoms with Gasteiger partial charge in [-0.15, -0.1) is 5.10 Å². The van der Waals surface area contributed by atoms with Gasteiger partial charge in [0.2, 0.25) is 0 Å². The van der Waals surface area contributed by atoms with E-state index in [4.69, 9.17) is 9.47 Å². The van der Waals surface area contributed by atoms with Crippen molar-refractivity contribution in [1.29, 1.82) is 0 Å². The van der Waals surface area contributed by atoms with Crippen molar-refractivity contribution in [3.05, 3.63) is 46.0 Å². The molecule has 2 aliphatic rings. The van der Waals surface area contributed by atoms with Crippen molar-refractivity contribution < 1.29 is 14.3 Å². The van der Waals surface area contributed by atoms with E-state index in [1.807, 2.05) is 42.8 Å². The average Bonchev–Trinajstić information content (AvgIpc) is 3.58. The fraction of sp³-hybridized carbons (Fsp3) is 0.577. The number of fused-ring (bicyclic) bond motifs is 1. The number of esters is 1. The fourth-order valence-electron chi connectivity index (χ4n) is 5.60. The molecule has 1 N–H and O–H groups in total. The van der Waals surface area contributed by atoms with Crippen molar-refractivity contribution >= 4 is 16.9 Å². The van der Waals surface area contributed by atoms with Crippen molar-refractivity contribution in [3.8, 4) is 5.75 Å². The predicted octanol–water partition coefficient (Wildman–Crippen LogP) is 3.39. The van der Waals surface area contributed by atoms with Crippen LogP contribution in [0.5, 0.6) is 5.75 Å². The molecule has 1 aliphatic carbocycles. The monoisotopic (exact) mass is 494 g/mol. The van der Waals surface area contributed by atoms with Crippen LogP contribution in [0.25, 0.3) is 10.9 Å². The number of hydrogen-bond acceptors (Lipinski definition) is 8. The van der Waals surface area contributed by atoms with Gasteiger partial charge in [-0.2, -0.15) is 0 Å². The minimum absolute atomic E-state index is 0.128. The van der Waals surface area contributed by atoms with E-state index in [1.165, 1.54) is 0 Å². The van der Waals surface area contributed by atoms with Crippen LogP contribution < -0.4 is 10.3 Å². The Labute approximate surface area is 210 Å². The number of rotatable bonds is 8. The third-order valence-electron chi connectivity index (χ3n) is 7.40. The molecule has 1 atom stereocenters. The summed E-state index contributed by atoms with van der Waals surface area (Å²) in [7, 11) is 0. The second-order valence-electron chi connectivity index (χ2n) is 9.62. The molecule has 5 rings (SSSR count). The lowest BCUT2D eigenvalue weighted by Crippen LogP contribution is -2.42. The highest BCUT2D eigenvalue weighted by atomic mass is 16.5. The first-order valence-corrected chi connectivity index (χ1v) is 13.1. The Balaban J connectivity index is 1.55. The van der Waals surface area contributed by atoms with Crippen LogP contribution in [0.1, 0.15) is 75.8 Å². The van der Waals surface area contributed by atoms with Crippen molar-refractivity contribution in [1.82, 2.24) is 30.1 Å². The molecule has 0 unspecified atom stereocenters. The average molecular weight is 495 g/mol. The number of carbonyl (C=O) groups excluding carboxylic acids is 1. The van der Waals surface area contributed by atoms with Crippen molar-refractivity contribution in [2.75, 3.05) is 26.3 Å². The first kappa shape index (κ1) is 24.4. The normalized spacial score (nSPS) is 18.5. The molecule has 3 heterocycles. The van der Waals surface area contributed by atoms with Gasteiger partial charge < -0.3 is 14.5 Å². The van der Waals surface area contributed by atoms with Gasteiger partial charge in [-0.05, 0) is 74.2 Å². The summed E-state index contributed by atoms with van der Waals surface area (Å²) in [5, 5.41) is 13.7. The molecule has 1 saturated carbocycles. The van der Waals surface area contributed by atoms with Crippen LogP contribution in [0.4, 0.5) is 0 Å². The van der Waals surface area contributed by atoms with E-state index in [2.05, 4.69) is 25.4 Å². The Hall–Kier alpha value is -3.27. The van der Waals surface area contributed by atoms with Crippen LogP contribution in [-0.2, 0) is 9.53 Å². The molecule has 1 aliphatic heterocycles. The number of aromatic nitrogens is 5. The Kier molecular flexibility index (Phi) is 7.31. The minimum atomic E-state index is -0.423. The highest BCUT2D eigenvalue weighted by Crippen LogP contribution is 2.35. The maximum atomic E-state index is 13.4. The lowest BCUT2D eigenvalue weighted by atomic mass is 9.93. The van der Waals surface area contributed by atoms with Gasteiger partial charge in [0.15, 0.2) is 5.82 Å². The third kappa shape index (κ3) is 4.86. The molecule has 10 heteroatoms. The zero-order valence-electron chi connectivity index (χ0n) is 21.0. The lowest BCUT2D eigenvalue weighted by Gasteiger charge is -2.36. The SMILES string of the molecule is CCOC(=O)C1CCN([C@H](c2cc3cc(OCC)ccc3[nH]c2=O)c2nnnn2C2CCCC2)CC1. The second kappa shape index (κ2) is 10.8. The molecule has 0 bridgehead atoms. The number of hydrogen-bond donors (Lipinski definition) is 1. The summed E-state index contributed by atoms with van der Waals surface area (Å²) in [5.74, 6) is 1.17. The Morgan fingerprint density at radius 3 is 2.61 bits per heavy atom. The number of nitrogens with zero attached hydrogens (tertiary/aromatic N) is 5. The van der Waals surface area contributed by atoms with Gasteiger partial charge in [0.25, 0.3) is 5.56 Å². The lowest BCUT2D eigenvalue weighted by molar-refractivity contribution is -0.149. The largest absolute Gasteiger partial charge is 0.494 e. The first-order chi connectivity index (χ1) is 17.6. The van der Waals surface area contributed by atoms with Gasteiger partial charge in [0, 0.05) is 29.6 Å². The number of pyridine rings is 1. The molecule has 0 spiro atoms. The van der Waals surface area contributed by atoms with Gasteiger partial charge in [0.05, 0.1) is 25.2 Å². The summed E-state index contributed by atoms with van der Waals surface area (Å²) in [6, 6.07) is 7.42. The topological polar surface area (TPSA) is 115 Å². The zero-order valence-corrected chi connectivity index (χ0v) is 21.0. The predicted molar refractivity (Wildman–Crippen MR) is 134 cm³/mol. The molecular weight excluding hydrogens is 460 g/mol. The molecule has 1 saturated heterocycles. The summed E-state index contributed by atoms with van der Waals surface area (Å²) in [4.78, 5) is 31.1. The molecule has 0 radical (unpaired) electrons. The minimum Gasteiger partial charge on any atom is -0.494 e. The number of H-pyrrole nitrogens is 1. The molecule has 2 aromatic heterocycles. The highest BCUT2D eigenvalue weighted by Gasteiger charge is 2.36. The van der Waals surface area contributed by atoms with E-state index < -0.39 is 6.04 Å². The van der Waals surface area contributed by atoms with Crippen LogP contribution in [-0.4, -0.2) is 62.4 Å². The van der Waals surface area contributed by atoms with Crippen molar-refractivity contribution in [2.45, 2.75) is 64.5 Å². The van der Waals surface area contributed by atoms with Gasteiger partial charge >= 0.3 is 5.97 Å². The maximum Gasteiger partial charge on any atom is 0.309 e. The van der Waals surface area contributed by atoms with E-state index in [0.717, 1.165) is 42.3 Å². The number of ether oxygens (including phenoxy) is 2. The van der Waals surface area contributed by atoms with Crippen LogP contribution in [0.15, 0.2) is 29.1 Å². The number of carbonyl (C=O) groups is 1. The molecule has 1 aromatic carbocycles. The summed E-state index contributed by atoms with van der Waals surface area (Å²) < 4.78 is 12.9. The fourth-order valence-corrected chi connectivity index (χ4v) is 5.60. The molecule has 10 nitrogen and oxygen atoms in total. The summed E-state index contributed by atoms with van der Waals surface area (Å²) >= 11 is 0. The van der Waals surface area contributed by atoms with Gasteiger partial charge in [-0.3, -0.25) is 14.5 Å². The number of likely N-dealkylation sites (tertiary alicyclic amines) is 1. The summed E-state index contributed by atoms with van der Waals surface area (Å²) in [6.07, 6.45) is 5.69. The van der Waals surface area contributed by atoms with E-state index >= 15 is 0 Å². The molecular formula is C26H34N6O4.